The fourth-order valence-electron chi connectivity index (χ4n) is 0.917. The lowest BCUT2D eigenvalue weighted by atomic mass is 10.0. The molecule has 0 spiro atoms. The van der Waals surface area contributed by atoms with E-state index in [9.17, 15) is 5.11 Å². The van der Waals surface area contributed by atoms with Crippen molar-refractivity contribution in [1.82, 2.24) is 4.98 Å². The summed E-state index contributed by atoms with van der Waals surface area (Å²) in [5.41, 5.74) is 0.150. The molecule has 0 amide bonds. The minimum atomic E-state index is -0.748. The van der Waals surface area contributed by atoms with Gasteiger partial charge in [-0.05, 0) is 42.8 Å². The Morgan fingerprint density at radius 3 is 2.64 bits per heavy atom. The number of pyridine rings is 1. The standard InChI is InChI=1S/C10H15BrN2O/c1-7(10(2,3)14)13-9-4-8(11)5-12-6-9/h4-7,13-14H,1-3H3. The molecule has 1 atom stereocenters. The molecule has 0 aliphatic carbocycles. The SMILES string of the molecule is CC(Nc1cncc(Br)c1)C(C)(C)O. The van der Waals surface area contributed by atoms with Crippen molar-refractivity contribution in [3.05, 3.63) is 22.9 Å². The lowest BCUT2D eigenvalue weighted by Gasteiger charge is -2.27. The molecule has 0 saturated carbocycles. The Balaban J connectivity index is 2.70. The van der Waals surface area contributed by atoms with Gasteiger partial charge in [0, 0.05) is 10.7 Å². The second-order valence-electron chi connectivity index (χ2n) is 3.91. The van der Waals surface area contributed by atoms with Gasteiger partial charge >= 0.3 is 0 Å². The van der Waals surface area contributed by atoms with Crippen LogP contribution in [0.2, 0.25) is 0 Å². The number of hydrogen-bond acceptors (Lipinski definition) is 3. The van der Waals surface area contributed by atoms with E-state index in [1.54, 1.807) is 26.2 Å². The number of nitrogens with one attached hydrogen (secondary N) is 1. The highest BCUT2D eigenvalue weighted by Gasteiger charge is 2.21. The molecule has 0 bridgehead atoms. The lowest BCUT2D eigenvalue weighted by Crippen LogP contribution is -2.39. The van der Waals surface area contributed by atoms with Crippen molar-refractivity contribution >= 4 is 21.6 Å². The summed E-state index contributed by atoms with van der Waals surface area (Å²) in [6.07, 6.45) is 3.45. The van der Waals surface area contributed by atoms with Crippen LogP contribution in [0.5, 0.6) is 0 Å². The summed E-state index contributed by atoms with van der Waals surface area (Å²) in [5.74, 6) is 0. The van der Waals surface area contributed by atoms with Gasteiger partial charge in [0.15, 0.2) is 0 Å². The van der Waals surface area contributed by atoms with Gasteiger partial charge in [0.05, 0.1) is 23.5 Å². The average molecular weight is 259 g/mol. The van der Waals surface area contributed by atoms with Crippen LogP contribution in [0.25, 0.3) is 0 Å². The second-order valence-corrected chi connectivity index (χ2v) is 4.83. The van der Waals surface area contributed by atoms with E-state index >= 15 is 0 Å². The first-order chi connectivity index (χ1) is 6.39. The minimum Gasteiger partial charge on any atom is -0.388 e. The third-order valence-electron chi connectivity index (χ3n) is 2.15. The zero-order valence-electron chi connectivity index (χ0n) is 8.58. The van der Waals surface area contributed by atoms with E-state index < -0.39 is 5.60 Å². The molecule has 14 heavy (non-hydrogen) atoms. The Kier molecular flexibility index (Phi) is 3.50. The number of halogens is 1. The van der Waals surface area contributed by atoms with E-state index in [1.165, 1.54) is 0 Å². The van der Waals surface area contributed by atoms with Gasteiger partial charge in [-0.25, -0.2) is 0 Å². The van der Waals surface area contributed by atoms with Crippen molar-refractivity contribution in [2.45, 2.75) is 32.4 Å². The summed E-state index contributed by atoms with van der Waals surface area (Å²) in [6, 6.07) is 1.90. The smallest absolute Gasteiger partial charge is 0.0789 e. The lowest BCUT2D eigenvalue weighted by molar-refractivity contribution is 0.0649. The molecule has 0 aliphatic heterocycles. The van der Waals surface area contributed by atoms with E-state index in [4.69, 9.17) is 0 Å². The Bertz CT molecular complexity index is 309. The van der Waals surface area contributed by atoms with Gasteiger partial charge in [-0.2, -0.15) is 0 Å². The third-order valence-corrected chi connectivity index (χ3v) is 2.58. The summed E-state index contributed by atoms with van der Waals surface area (Å²) in [4.78, 5) is 4.03. The Morgan fingerprint density at radius 1 is 1.50 bits per heavy atom. The van der Waals surface area contributed by atoms with Gasteiger partial charge in [-0.15, -0.1) is 0 Å². The molecule has 1 unspecified atom stereocenters. The zero-order chi connectivity index (χ0) is 10.8. The predicted octanol–water partition coefficient (Wildman–Crippen LogP) is 2.42. The van der Waals surface area contributed by atoms with Crippen LogP contribution < -0.4 is 5.32 Å². The molecule has 2 N–H and O–H groups in total. The fourth-order valence-corrected chi connectivity index (χ4v) is 1.28. The predicted molar refractivity (Wildman–Crippen MR) is 61.3 cm³/mol. The Morgan fingerprint density at radius 2 is 2.14 bits per heavy atom. The van der Waals surface area contributed by atoms with Crippen LogP contribution in [0.15, 0.2) is 22.9 Å². The molecule has 0 fully saturated rings. The molecule has 1 heterocycles. The molecule has 0 aromatic carbocycles. The van der Waals surface area contributed by atoms with Gasteiger partial charge in [-0.1, -0.05) is 0 Å². The first-order valence-corrected chi connectivity index (χ1v) is 5.28. The maximum absolute atomic E-state index is 9.72. The number of aliphatic hydroxyl groups is 1. The molecule has 3 nitrogen and oxygen atoms in total. The molecule has 0 radical (unpaired) electrons. The maximum Gasteiger partial charge on any atom is 0.0789 e. The van der Waals surface area contributed by atoms with Crippen LogP contribution in [-0.2, 0) is 0 Å². The molecule has 4 heteroatoms. The molecule has 1 rings (SSSR count). The molecule has 78 valence electrons. The summed E-state index contributed by atoms with van der Waals surface area (Å²) in [6.45, 7) is 5.48. The first-order valence-electron chi connectivity index (χ1n) is 4.49. The third kappa shape index (κ3) is 3.27. The highest BCUT2D eigenvalue weighted by atomic mass is 79.9. The molecular weight excluding hydrogens is 244 g/mol. The van der Waals surface area contributed by atoms with Crippen LogP contribution in [-0.4, -0.2) is 21.7 Å². The number of nitrogens with zero attached hydrogens (tertiary/aromatic N) is 1. The maximum atomic E-state index is 9.72. The minimum absolute atomic E-state index is 0.0291. The Hall–Kier alpha value is -0.610. The summed E-state index contributed by atoms with van der Waals surface area (Å²) in [7, 11) is 0. The van der Waals surface area contributed by atoms with E-state index in [2.05, 4.69) is 26.2 Å². The second kappa shape index (κ2) is 4.28. The van der Waals surface area contributed by atoms with Crippen molar-refractivity contribution in [3.8, 4) is 0 Å². The van der Waals surface area contributed by atoms with Crippen molar-refractivity contribution in [2.75, 3.05) is 5.32 Å². The first kappa shape index (κ1) is 11.5. The van der Waals surface area contributed by atoms with Crippen molar-refractivity contribution in [2.24, 2.45) is 0 Å². The normalized spacial score (nSPS) is 13.8. The van der Waals surface area contributed by atoms with Crippen LogP contribution in [0, 0.1) is 0 Å². The Labute approximate surface area is 92.7 Å². The van der Waals surface area contributed by atoms with Crippen LogP contribution >= 0.6 is 15.9 Å². The van der Waals surface area contributed by atoms with Crippen molar-refractivity contribution in [1.29, 1.82) is 0 Å². The van der Waals surface area contributed by atoms with Crippen LogP contribution in [0.3, 0.4) is 0 Å². The van der Waals surface area contributed by atoms with Crippen molar-refractivity contribution < 1.29 is 5.11 Å². The highest BCUT2D eigenvalue weighted by molar-refractivity contribution is 9.10. The van der Waals surface area contributed by atoms with E-state index in [0.717, 1.165) is 10.2 Å². The van der Waals surface area contributed by atoms with Crippen molar-refractivity contribution in [3.63, 3.8) is 0 Å². The number of anilines is 1. The van der Waals surface area contributed by atoms with Gasteiger partial charge in [0.1, 0.15) is 0 Å². The van der Waals surface area contributed by atoms with Crippen LogP contribution in [0.4, 0.5) is 5.69 Å². The fraction of sp³-hybridized carbons (Fsp3) is 0.500. The molecule has 0 saturated heterocycles. The summed E-state index contributed by atoms with van der Waals surface area (Å²) >= 11 is 3.34. The van der Waals surface area contributed by atoms with Gasteiger partial charge < -0.3 is 10.4 Å². The summed E-state index contributed by atoms with van der Waals surface area (Å²) < 4.78 is 0.922. The quantitative estimate of drug-likeness (QED) is 0.876. The summed E-state index contributed by atoms with van der Waals surface area (Å²) in [5, 5.41) is 12.9. The monoisotopic (exact) mass is 258 g/mol. The number of hydrogen-bond donors (Lipinski definition) is 2. The molecule has 0 aliphatic rings. The van der Waals surface area contributed by atoms with Gasteiger partial charge in [-0.3, -0.25) is 4.98 Å². The van der Waals surface area contributed by atoms with Gasteiger partial charge in [0.25, 0.3) is 0 Å². The van der Waals surface area contributed by atoms with Gasteiger partial charge in [0.2, 0.25) is 0 Å². The largest absolute Gasteiger partial charge is 0.388 e. The molecule has 1 aromatic heterocycles. The average Bonchev–Trinajstić information content (AvgIpc) is 2.02. The zero-order valence-corrected chi connectivity index (χ0v) is 10.2. The highest BCUT2D eigenvalue weighted by Crippen LogP contribution is 2.18. The van der Waals surface area contributed by atoms with E-state index in [-0.39, 0.29) is 6.04 Å². The number of rotatable bonds is 3. The number of aromatic nitrogens is 1. The molecular formula is C10H15BrN2O. The molecule has 1 aromatic rings. The van der Waals surface area contributed by atoms with E-state index in [1.807, 2.05) is 13.0 Å². The topological polar surface area (TPSA) is 45.2 Å². The van der Waals surface area contributed by atoms with E-state index in [0.29, 0.717) is 0 Å². The van der Waals surface area contributed by atoms with Crippen LogP contribution in [0.1, 0.15) is 20.8 Å².